The lowest BCUT2D eigenvalue weighted by Gasteiger charge is -2.06. The van der Waals surface area contributed by atoms with Crippen molar-refractivity contribution in [3.05, 3.63) is 44.3 Å². The number of rotatable bonds is 4. The van der Waals surface area contributed by atoms with Crippen molar-refractivity contribution in [3.63, 3.8) is 0 Å². The smallest absolute Gasteiger partial charge is 0.224 e. The van der Waals surface area contributed by atoms with Gasteiger partial charge in [0, 0.05) is 34.1 Å². The third-order valence-corrected chi connectivity index (χ3v) is 4.57. The first-order valence-electron chi connectivity index (χ1n) is 6.01. The Morgan fingerprint density at radius 1 is 1.42 bits per heavy atom. The summed E-state index contributed by atoms with van der Waals surface area (Å²) in [6.07, 6.45) is 1.15. The molecule has 1 heterocycles. The molecule has 0 saturated heterocycles. The van der Waals surface area contributed by atoms with E-state index in [9.17, 15) is 4.79 Å². The fourth-order valence-electron chi connectivity index (χ4n) is 1.63. The maximum absolute atomic E-state index is 11.8. The van der Waals surface area contributed by atoms with Crippen molar-refractivity contribution in [1.82, 2.24) is 4.98 Å². The van der Waals surface area contributed by atoms with Crippen LogP contribution in [0.4, 0.5) is 5.69 Å². The molecule has 0 aliphatic carbocycles. The molecule has 0 saturated carbocycles. The minimum Gasteiger partial charge on any atom is -0.326 e. The Labute approximate surface area is 125 Å². The molecule has 1 N–H and O–H groups in total. The van der Waals surface area contributed by atoms with E-state index in [1.54, 1.807) is 11.3 Å². The second kappa shape index (κ2) is 6.30. The molecule has 0 atom stereocenters. The summed E-state index contributed by atoms with van der Waals surface area (Å²) in [4.78, 5) is 16.2. The van der Waals surface area contributed by atoms with Crippen LogP contribution in [0.3, 0.4) is 0 Å². The van der Waals surface area contributed by atoms with Gasteiger partial charge in [-0.2, -0.15) is 0 Å². The van der Waals surface area contributed by atoms with Crippen molar-refractivity contribution in [1.29, 1.82) is 0 Å². The van der Waals surface area contributed by atoms with Gasteiger partial charge in [-0.3, -0.25) is 4.79 Å². The standard InChI is InChI=1S/C14H15BrN2OS/c1-9-3-4-11(7-12(9)15)17-13(18)5-6-14-16-10(2)8-19-14/h3-4,7-8H,5-6H2,1-2H3,(H,17,18). The molecule has 2 rings (SSSR count). The Kier molecular flexibility index (Phi) is 4.71. The first-order chi connectivity index (χ1) is 9.04. The van der Waals surface area contributed by atoms with Crippen LogP contribution < -0.4 is 5.32 Å². The summed E-state index contributed by atoms with van der Waals surface area (Å²) in [5, 5.41) is 5.91. The number of hydrogen-bond donors (Lipinski definition) is 1. The maximum atomic E-state index is 11.8. The number of carbonyl (C=O) groups excluding carboxylic acids is 1. The number of aromatic nitrogens is 1. The summed E-state index contributed by atoms with van der Waals surface area (Å²) >= 11 is 5.06. The number of amides is 1. The van der Waals surface area contributed by atoms with Crippen LogP contribution in [0, 0.1) is 13.8 Å². The lowest BCUT2D eigenvalue weighted by atomic mass is 10.2. The predicted molar refractivity (Wildman–Crippen MR) is 82.7 cm³/mol. The lowest BCUT2D eigenvalue weighted by molar-refractivity contribution is -0.116. The molecular formula is C14H15BrN2OS. The highest BCUT2D eigenvalue weighted by Crippen LogP contribution is 2.21. The van der Waals surface area contributed by atoms with Crippen LogP contribution in [-0.2, 0) is 11.2 Å². The van der Waals surface area contributed by atoms with Gasteiger partial charge < -0.3 is 5.32 Å². The first-order valence-corrected chi connectivity index (χ1v) is 7.69. The van der Waals surface area contributed by atoms with Crippen molar-refractivity contribution >= 4 is 38.9 Å². The van der Waals surface area contributed by atoms with Crippen LogP contribution >= 0.6 is 27.3 Å². The predicted octanol–water partition coefficient (Wildman–Crippen LogP) is 4.09. The Morgan fingerprint density at radius 2 is 2.21 bits per heavy atom. The minimum atomic E-state index is 0.0172. The van der Waals surface area contributed by atoms with Gasteiger partial charge in [0.05, 0.1) is 5.01 Å². The number of nitrogens with one attached hydrogen (secondary N) is 1. The van der Waals surface area contributed by atoms with Gasteiger partial charge in [0.2, 0.25) is 5.91 Å². The molecule has 2 aromatic rings. The van der Waals surface area contributed by atoms with Crippen LogP contribution in [0.2, 0.25) is 0 Å². The van der Waals surface area contributed by atoms with Gasteiger partial charge in [-0.25, -0.2) is 4.98 Å². The molecular weight excluding hydrogens is 324 g/mol. The monoisotopic (exact) mass is 338 g/mol. The quantitative estimate of drug-likeness (QED) is 0.911. The van der Waals surface area contributed by atoms with Crippen LogP contribution in [0.15, 0.2) is 28.1 Å². The highest BCUT2D eigenvalue weighted by Gasteiger charge is 2.06. The van der Waals surface area contributed by atoms with Crippen molar-refractivity contribution in [2.24, 2.45) is 0 Å². The Hall–Kier alpha value is -1.20. The summed E-state index contributed by atoms with van der Waals surface area (Å²) in [7, 11) is 0. The molecule has 0 bridgehead atoms. The summed E-state index contributed by atoms with van der Waals surface area (Å²) < 4.78 is 1.00. The van der Waals surface area contributed by atoms with E-state index in [2.05, 4.69) is 26.2 Å². The zero-order valence-corrected chi connectivity index (χ0v) is 13.3. The summed E-state index contributed by atoms with van der Waals surface area (Å²) in [5.41, 5.74) is 2.98. The molecule has 0 unspecified atom stereocenters. The Bertz CT molecular complexity index is 595. The molecule has 0 fully saturated rings. The third kappa shape index (κ3) is 4.14. The molecule has 3 nitrogen and oxygen atoms in total. The molecule has 1 amide bonds. The Morgan fingerprint density at radius 3 is 2.84 bits per heavy atom. The Balaban J connectivity index is 1.88. The fourth-order valence-corrected chi connectivity index (χ4v) is 2.79. The number of halogens is 1. The molecule has 0 aliphatic heterocycles. The van der Waals surface area contributed by atoms with Gasteiger partial charge in [0.1, 0.15) is 0 Å². The van der Waals surface area contributed by atoms with Gasteiger partial charge in [-0.05, 0) is 31.5 Å². The molecule has 5 heteroatoms. The number of nitrogens with zero attached hydrogens (tertiary/aromatic N) is 1. The van der Waals surface area contributed by atoms with E-state index in [0.717, 1.165) is 26.4 Å². The summed E-state index contributed by atoms with van der Waals surface area (Å²) in [5.74, 6) is 0.0172. The minimum absolute atomic E-state index is 0.0172. The lowest BCUT2D eigenvalue weighted by Crippen LogP contribution is -2.12. The van der Waals surface area contributed by atoms with Gasteiger partial charge >= 0.3 is 0 Å². The fraction of sp³-hybridized carbons (Fsp3) is 0.286. The van der Waals surface area contributed by atoms with Crippen LogP contribution in [0.1, 0.15) is 22.7 Å². The van der Waals surface area contributed by atoms with E-state index in [1.165, 1.54) is 0 Å². The summed E-state index contributed by atoms with van der Waals surface area (Å²) in [6.45, 7) is 3.98. The van der Waals surface area contributed by atoms with Crippen molar-refractivity contribution in [3.8, 4) is 0 Å². The molecule has 0 spiro atoms. The van der Waals surface area contributed by atoms with E-state index in [1.807, 2.05) is 37.4 Å². The SMILES string of the molecule is Cc1csc(CCC(=O)Nc2ccc(C)c(Br)c2)n1. The second-order valence-corrected chi connectivity index (χ2v) is 6.19. The number of hydrogen-bond acceptors (Lipinski definition) is 3. The topological polar surface area (TPSA) is 42.0 Å². The van der Waals surface area contributed by atoms with Crippen LogP contribution in [0.25, 0.3) is 0 Å². The van der Waals surface area contributed by atoms with Gasteiger partial charge in [0.25, 0.3) is 0 Å². The van der Waals surface area contributed by atoms with E-state index in [0.29, 0.717) is 12.8 Å². The second-order valence-electron chi connectivity index (χ2n) is 4.39. The molecule has 0 aliphatic rings. The largest absolute Gasteiger partial charge is 0.326 e. The van der Waals surface area contributed by atoms with E-state index >= 15 is 0 Å². The van der Waals surface area contributed by atoms with Crippen LogP contribution in [-0.4, -0.2) is 10.9 Å². The molecule has 1 aromatic carbocycles. The van der Waals surface area contributed by atoms with Crippen molar-refractivity contribution < 1.29 is 4.79 Å². The van der Waals surface area contributed by atoms with Crippen molar-refractivity contribution in [2.45, 2.75) is 26.7 Å². The van der Waals surface area contributed by atoms with E-state index in [-0.39, 0.29) is 5.91 Å². The highest BCUT2D eigenvalue weighted by atomic mass is 79.9. The third-order valence-electron chi connectivity index (χ3n) is 2.69. The number of anilines is 1. The van der Waals surface area contributed by atoms with Gasteiger partial charge in [0.15, 0.2) is 0 Å². The van der Waals surface area contributed by atoms with E-state index in [4.69, 9.17) is 0 Å². The number of thiazole rings is 1. The maximum Gasteiger partial charge on any atom is 0.224 e. The molecule has 0 radical (unpaired) electrons. The zero-order chi connectivity index (χ0) is 13.8. The normalized spacial score (nSPS) is 10.5. The zero-order valence-electron chi connectivity index (χ0n) is 10.9. The first kappa shape index (κ1) is 14.2. The van der Waals surface area contributed by atoms with Gasteiger partial charge in [-0.15, -0.1) is 11.3 Å². The molecule has 1 aromatic heterocycles. The average molecular weight is 339 g/mol. The molecule has 100 valence electrons. The van der Waals surface area contributed by atoms with Gasteiger partial charge in [-0.1, -0.05) is 22.0 Å². The number of benzene rings is 1. The molecule has 19 heavy (non-hydrogen) atoms. The summed E-state index contributed by atoms with van der Waals surface area (Å²) in [6, 6.07) is 5.80. The van der Waals surface area contributed by atoms with Crippen LogP contribution in [0.5, 0.6) is 0 Å². The average Bonchev–Trinajstić information content (AvgIpc) is 2.77. The van der Waals surface area contributed by atoms with E-state index < -0.39 is 0 Å². The van der Waals surface area contributed by atoms with Crippen molar-refractivity contribution in [2.75, 3.05) is 5.32 Å². The number of carbonyl (C=O) groups is 1. The number of aryl methyl sites for hydroxylation is 3. The highest BCUT2D eigenvalue weighted by molar-refractivity contribution is 9.10.